The Labute approximate surface area is 210 Å². The van der Waals surface area contributed by atoms with E-state index in [0.717, 1.165) is 5.56 Å². The van der Waals surface area contributed by atoms with Crippen molar-refractivity contribution in [2.75, 3.05) is 13.3 Å². The van der Waals surface area contributed by atoms with E-state index in [4.69, 9.17) is 18.6 Å². The molecule has 0 N–H and O–H groups in total. The molecule has 37 heavy (non-hydrogen) atoms. The van der Waals surface area contributed by atoms with Crippen molar-refractivity contribution >= 4 is 11.0 Å². The monoisotopic (exact) mass is 511 g/mol. The highest BCUT2D eigenvalue weighted by Crippen LogP contribution is 2.42. The molecule has 192 valence electrons. The fourth-order valence-electron chi connectivity index (χ4n) is 4.35. The first-order valence-corrected chi connectivity index (χ1v) is 11.8. The van der Waals surface area contributed by atoms with Crippen LogP contribution in [0.5, 0.6) is 23.0 Å². The Morgan fingerprint density at radius 3 is 2.41 bits per heavy atom. The Hall–Kier alpha value is -3.98. The molecule has 1 unspecified atom stereocenters. The lowest BCUT2D eigenvalue weighted by molar-refractivity contribution is -0.154. The smallest absolute Gasteiger partial charge is 0.453 e. The van der Waals surface area contributed by atoms with E-state index >= 15 is 0 Å². The van der Waals surface area contributed by atoms with Crippen LogP contribution in [-0.4, -0.2) is 18.2 Å². The molecule has 1 aliphatic heterocycles. The molecule has 9 heteroatoms. The third kappa shape index (κ3) is 4.74. The Bertz CT molecular complexity index is 1480. The first-order valence-electron chi connectivity index (χ1n) is 11.8. The number of ether oxygens (including phenoxy) is 3. The quantitative estimate of drug-likeness (QED) is 0.280. The van der Waals surface area contributed by atoms with Crippen molar-refractivity contribution in [2.24, 2.45) is 0 Å². The number of benzene rings is 3. The zero-order valence-corrected chi connectivity index (χ0v) is 20.2. The van der Waals surface area contributed by atoms with Crippen LogP contribution >= 0.6 is 0 Å². The largest absolute Gasteiger partial charge is 0.490 e. The first kappa shape index (κ1) is 24.7. The average Bonchev–Trinajstić information content (AvgIpc) is 2.90. The molecule has 1 aliphatic rings. The second kappa shape index (κ2) is 9.82. The molecule has 3 aromatic carbocycles. The van der Waals surface area contributed by atoms with Gasteiger partial charge in [-0.3, -0.25) is 9.69 Å². The van der Waals surface area contributed by atoms with Crippen LogP contribution in [0.25, 0.3) is 11.0 Å². The van der Waals surface area contributed by atoms with Crippen molar-refractivity contribution in [3.63, 3.8) is 0 Å². The van der Waals surface area contributed by atoms with Gasteiger partial charge in [-0.05, 0) is 43.7 Å². The summed E-state index contributed by atoms with van der Waals surface area (Å²) in [7, 11) is 0. The van der Waals surface area contributed by atoms with Crippen LogP contribution in [0, 0.1) is 0 Å². The van der Waals surface area contributed by atoms with Crippen LogP contribution in [0.3, 0.4) is 0 Å². The predicted octanol–water partition coefficient (Wildman–Crippen LogP) is 6.92. The molecular formula is C28H24F3NO5. The van der Waals surface area contributed by atoms with Gasteiger partial charge >= 0.3 is 6.18 Å². The molecule has 0 saturated heterocycles. The van der Waals surface area contributed by atoms with E-state index in [-0.39, 0.29) is 48.4 Å². The zero-order chi connectivity index (χ0) is 26.2. The van der Waals surface area contributed by atoms with Gasteiger partial charge in [-0.2, -0.15) is 13.2 Å². The summed E-state index contributed by atoms with van der Waals surface area (Å²) >= 11 is 0. The van der Waals surface area contributed by atoms with E-state index in [2.05, 4.69) is 0 Å². The van der Waals surface area contributed by atoms with Gasteiger partial charge in [0, 0.05) is 12.6 Å². The van der Waals surface area contributed by atoms with Crippen molar-refractivity contribution in [3.8, 4) is 23.0 Å². The van der Waals surface area contributed by atoms with Crippen LogP contribution in [0.1, 0.15) is 36.8 Å². The summed E-state index contributed by atoms with van der Waals surface area (Å²) in [6.45, 7) is 4.45. The van der Waals surface area contributed by atoms with Crippen LogP contribution in [-0.2, 0) is 12.7 Å². The van der Waals surface area contributed by atoms with Gasteiger partial charge in [0.1, 0.15) is 18.1 Å². The van der Waals surface area contributed by atoms with Gasteiger partial charge in [0.2, 0.25) is 11.2 Å². The number of rotatable bonds is 6. The van der Waals surface area contributed by atoms with Crippen molar-refractivity contribution in [1.82, 2.24) is 4.90 Å². The summed E-state index contributed by atoms with van der Waals surface area (Å²) in [5, 5.41) is -0.0338. The minimum Gasteiger partial charge on any atom is -0.490 e. The molecule has 1 aromatic heterocycles. The second-order valence-corrected chi connectivity index (χ2v) is 8.59. The maximum Gasteiger partial charge on any atom is 0.453 e. The molecule has 2 heterocycles. The maximum absolute atomic E-state index is 14.2. The molecule has 0 aliphatic carbocycles. The van der Waals surface area contributed by atoms with E-state index in [1.165, 1.54) is 12.1 Å². The minimum absolute atomic E-state index is 0.0225. The van der Waals surface area contributed by atoms with Crippen molar-refractivity contribution < 1.29 is 31.8 Å². The number of alkyl halides is 3. The lowest BCUT2D eigenvalue weighted by atomic mass is 10.0. The van der Waals surface area contributed by atoms with Crippen LogP contribution in [0.15, 0.2) is 75.9 Å². The Morgan fingerprint density at radius 2 is 1.70 bits per heavy atom. The summed E-state index contributed by atoms with van der Waals surface area (Å²) in [5.41, 5.74) is 0.285. The Morgan fingerprint density at radius 1 is 1.00 bits per heavy atom. The van der Waals surface area contributed by atoms with Gasteiger partial charge in [-0.15, -0.1) is 0 Å². The second-order valence-electron chi connectivity index (χ2n) is 8.59. The third-order valence-corrected chi connectivity index (χ3v) is 6.27. The number of halogens is 3. The van der Waals surface area contributed by atoms with Crippen LogP contribution in [0.4, 0.5) is 13.2 Å². The predicted molar refractivity (Wildman–Crippen MR) is 131 cm³/mol. The Kier molecular flexibility index (Phi) is 6.55. The summed E-state index contributed by atoms with van der Waals surface area (Å²) in [4.78, 5) is 15.4. The number of para-hydroxylation sites is 2. The maximum atomic E-state index is 14.2. The molecule has 5 rings (SSSR count). The minimum atomic E-state index is -4.99. The molecule has 1 atom stereocenters. The molecule has 0 radical (unpaired) electrons. The van der Waals surface area contributed by atoms with E-state index in [9.17, 15) is 18.0 Å². The van der Waals surface area contributed by atoms with E-state index in [1.807, 2.05) is 42.2 Å². The van der Waals surface area contributed by atoms with Gasteiger partial charge in [0.05, 0.1) is 17.6 Å². The van der Waals surface area contributed by atoms with Gasteiger partial charge in [-0.1, -0.05) is 42.5 Å². The number of hydrogen-bond donors (Lipinski definition) is 0. The first-order chi connectivity index (χ1) is 17.8. The molecular weight excluding hydrogens is 487 g/mol. The summed E-state index contributed by atoms with van der Waals surface area (Å²) in [6, 6.07) is 18.8. The highest BCUT2D eigenvalue weighted by Gasteiger charge is 2.41. The average molecular weight is 511 g/mol. The highest BCUT2D eigenvalue weighted by molar-refractivity contribution is 5.84. The van der Waals surface area contributed by atoms with E-state index < -0.39 is 23.1 Å². The normalized spacial score (nSPS) is 14.6. The van der Waals surface area contributed by atoms with Crippen molar-refractivity contribution in [3.05, 3.63) is 93.8 Å². The highest BCUT2D eigenvalue weighted by atomic mass is 19.4. The molecule has 0 fully saturated rings. The van der Waals surface area contributed by atoms with Gasteiger partial charge in [0.15, 0.2) is 11.5 Å². The van der Waals surface area contributed by atoms with Gasteiger partial charge < -0.3 is 18.6 Å². The van der Waals surface area contributed by atoms with Gasteiger partial charge in [0.25, 0.3) is 5.76 Å². The van der Waals surface area contributed by atoms with Crippen molar-refractivity contribution in [2.45, 2.75) is 32.6 Å². The number of nitrogens with zero attached hydrogens (tertiary/aromatic N) is 1. The topological polar surface area (TPSA) is 61.1 Å². The van der Waals surface area contributed by atoms with Crippen LogP contribution in [0.2, 0.25) is 0 Å². The third-order valence-electron chi connectivity index (χ3n) is 6.27. The van der Waals surface area contributed by atoms with Crippen molar-refractivity contribution in [1.29, 1.82) is 0 Å². The molecule has 0 bridgehead atoms. The standard InChI is InChI=1S/C28H24F3NO5/c1-3-34-22-11-7-8-12-23(22)36-26-24(33)19-13-14-21-20(25(19)37-27(26)28(29,30)31)15-32(16-35-21)17(2)18-9-5-4-6-10-18/h4-14,17H,3,15-16H2,1-2H3. The molecule has 0 saturated carbocycles. The lowest BCUT2D eigenvalue weighted by Gasteiger charge is -2.34. The summed E-state index contributed by atoms with van der Waals surface area (Å²) < 4.78 is 64.8. The molecule has 0 spiro atoms. The molecule has 0 amide bonds. The SMILES string of the molecule is CCOc1ccccc1Oc1c(C(F)(F)F)oc2c3c(ccc2c1=O)OCN(C(C)c1ccccc1)C3. The zero-order valence-electron chi connectivity index (χ0n) is 20.2. The number of fused-ring (bicyclic) bond motifs is 3. The number of hydrogen-bond acceptors (Lipinski definition) is 6. The van der Waals surface area contributed by atoms with Gasteiger partial charge in [-0.25, -0.2) is 0 Å². The van der Waals surface area contributed by atoms with Crippen LogP contribution < -0.4 is 19.6 Å². The molecule has 4 aromatic rings. The molecule has 6 nitrogen and oxygen atoms in total. The summed E-state index contributed by atoms with van der Waals surface area (Å²) in [5.74, 6) is -1.90. The fraction of sp³-hybridized carbons (Fsp3) is 0.250. The van der Waals surface area contributed by atoms with E-state index in [1.54, 1.807) is 31.2 Å². The Balaban J connectivity index is 1.62. The fourth-order valence-corrected chi connectivity index (χ4v) is 4.35. The van der Waals surface area contributed by atoms with E-state index in [0.29, 0.717) is 11.3 Å². The summed E-state index contributed by atoms with van der Waals surface area (Å²) in [6.07, 6.45) is -4.99. The lowest BCUT2D eigenvalue weighted by Crippen LogP contribution is -2.34.